The molecule has 1 aromatic heterocycles. The third kappa shape index (κ3) is 4.81. The van der Waals surface area contributed by atoms with Crippen LogP contribution in [0.5, 0.6) is 11.5 Å². The molecule has 41 heavy (non-hydrogen) atoms. The number of hydrogen-bond acceptors (Lipinski definition) is 6. The summed E-state index contributed by atoms with van der Waals surface area (Å²) >= 11 is 0.837. The maximum Gasteiger partial charge on any atom is 0.294 e. The van der Waals surface area contributed by atoms with Crippen molar-refractivity contribution >= 4 is 62.3 Å². The number of ether oxygens (including phenoxy) is 2. The van der Waals surface area contributed by atoms with Crippen LogP contribution in [0.25, 0.3) is 27.8 Å². The molecule has 0 saturated carbocycles. The van der Waals surface area contributed by atoms with Crippen molar-refractivity contribution < 1.29 is 23.9 Å². The van der Waals surface area contributed by atoms with E-state index >= 15 is 0 Å². The Hall–Kier alpha value is -5.02. The van der Waals surface area contributed by atoms with Gasteiger partial charge in [0, 0.05) is 41.0 Å². The third-order valence-corrected chi connectivity index (χ3v) is 8.01. The van der Waals surface area contributed by atoms with Gasteiger partial charge in [0.25, 0.3) is 11.1 Å². The van der Waals surface area contributed by atoms with E-state index in [0.717, 1.165) is 38.7 Å². The van der Waals surface area contributed by atoms with Gasteiger partial charge in [-0.2, -0.15) is 0 Å². The SMILES string of the molecule is O=C(CN1C(=O)S/C(=C\c2cn(Cc3ccc4ccccc4c3)c3ccccc23)C1=O)Nc1ccc2c(c1)OCO2. The molecule has 0 spiro atoms. The van der Waals surface area contributed by atoms with Gasteiger partial charge < -0.3 is 19.4 Å². The molecule has 1 N–H and O–H groups in total. The van der Waals surface area contributed by atoms with Crippen LogP contribution in [0.15, 0.2) is 96.0 Å². The first-order chi connectivity index (χ1) is 20.0. The molecule has 0 unspecified atom stereocenters. The molecular formula is C32H23N3O5S. The van der Waals surface area contributed by atoms with Gasteiger partial charge in [-0.05, 0) is 58.4 Å². The number of aromatic nitrogens is 1. The number of nitrogens with zero attached hydrogens (tertiary/aromatic N) is 2. The fraction of sp³-hybridized carbons (Fsp3) is 0.0938. The topological polar surface area (TPSA) is 89.9 Å². The molecule has 7 rings (SSSR count). The summed E-state index contributed by atoms with van der Waals surface area (Å²) in [6, 6.07) is 27.7. The fourth-order valence-electron chi connectivity index (χ4n) is 5.15. The number of fused-ring (bicyclic) bond motifs is 3. The van der Waals surface area contributed by atoms with Crippen LogP contribution < -0.4 is 14.8 Å². The minimum Gasteiger partial charge on any atom is -0.454 e. The number of nitrogens with one attached hydrogen (secondary N) is 1. The number of imide groups is 1. The fourth-order valence-corrected chi connectivity index (χ4v) is 5.98. The predicted molar refractivity (Wildman–Crippen MR) is 159 cm³/mol. The van der Waals surface area contributed by atoms with E-state index in [1.54, 1.807) is 24.3 Å². The second-order valence-electron chi connectivity index (χ2n) is 9.80. The van der Waals surface area contributed by atoms with E-state index in [4.69, 9.17) is 9.47 Å². The van der Waals surface area contributed by atoms with Gasteiger partial charge in [0.1, 0.15) is 6.54 Å². The largest absolute Gasteiger partial charge is 0.454 e. The van der Waals surface area contributed by atoms with Crippen molar-refractivity contribution in [1.82, 2.24) is 9.47 Å². The molecule has 0 atom stereocenters. The van der Waals surface area contributed by atoms with Crippen molar-refractivity contribution in [3.63, 3.8) is 0 Å². The predicted octanol–water partition coefficient (Wildman–Crippen LogP) is 6.25. The van der Waals surface area contributed by atoms with Crippen LogP contribution >= 0.6 is 11.8 Å². The van der Waals surface area contributed by atoms with Gasteiger partial charge >= 0.3 is 0 Å². The maximum absolute atomic E-state index is 13.2. The lowest BCUT2D eigenvalue weighted by Crippen LogP contribution is -2.36. The highest BCUT2D eigenvalue weighted by atomic mass is 32.2. The molecule has 0 aliphatic carbocycles. The lowest BCUT2D eigenvalue weighted by Gasteiger charge is -2.12. The Morgan fingerprint density at radius 1 is 0.902 bits per heavy atom. The third-order valence-electron chi connectivity index (χ3n) is 7.10. The molecule has 0 bridgehead atoms. The molecule has 8 nitrogen and oxygen atoms in total. The van der Waals surface area contributed by atoms with Gasteiger partial charge in [-0.3, -0.25) is 19.3 Å². The van der Waals surface area contributed by atoms with E-state index in [1.165, 1.54) is 10.8 Å². The van der Waals surface area contributed by atoms with E-state index in [-0.39, 0.29) is 18.2 Å². The normalized spacial score (nSPS) is 15.4. The van der Waals surface area contributed by atoms with E-state index in [1.807, 2.05) is 42.6 Å². The number of amides is 3. The lowest BCUT2D eigenvalue weighted by molar-refractivity contribution is -0.127. The van der Waals surface area contributed by atoms with Gasteiger partial charge in [-0.15, -0.1) is 0 Å². The molecule has 9 heteroatoms. The Labute approximate surface area is 239 Å². The summed E-state index contributed by atoms with van der Waals surface area (Å²) in [5, 5.41) is 5.57. The molecule has 0 radical (unpaired) electrons. The number of anilines is 1. The summed E-state index contributed by atoms with van der Waals surface area (Å²) < 4.78 is 12.8. The van der Waals surface area contributed by atoms with Crippen molar-refractivity contribution in [1.29, 1.82) is 0 Å². The first-order valence-corrected chi connectivity index (χ1v) is 13.8. The number of rotatable bonds is 6. The monoisotopic (exact) mass is 561 g/mol. The highest BCUT2D eigenvalue weighted by Gasteiger charge is 2.36. The van der Waals surface area contributed by atoms with E-state index in [9.17, 15) is 14.4 Å². The summed E-state index contributed by atoms with van der Waals surface area (Å²) in [5.41, 5.74) is 3.50. The van der Waals surface area contributed by atoms with Gasteiger partial charge in [0.15, 0.2) is 11.5 Å². The van der Waals surface area contributed by atoms with Gasteiger partial charge in [0.05, 0.1) is 4.91 Å². The highest BCUT2D eigenvalue weighted by molar-refractivity contribution is 8.18. The number of hydrogen-bond donors (Lipinski definition) is 1. The lowest BCUT2D eigenvalue weighted by atomic mass is 10.1. The van der Waals surface area contributed by atoms with Crippen LogP contribution in [-0.4, -0.2) is 39.9 Å². The summed E-state index contributed by atoms with van der Waals surface area (Å²) in [6.07, 6.45) is 3.74. The molecule has 3 heterocycles. The summed E-state index contributed by atoms with van der Waals surface area (Å²) in [7, 11) is 0. The average molecular weight is 562 g/mol. The first kappa shape index (κ1) is 25.0. The zero-order chi connectivity index (χ0) is 27.9. The molecular weight excluding hydrogens is 538 g/mol. The number of para-hydroxylation sites is 1. The minimum absolute atomic E-state index is 0.123. The Morgan fingerprint density at radius 3 is 2.61 bits per heavy atom. The summed E-state index contributed by atoms with van der Waals surface area (Å²) in [6.45, 7) is 0.388. The zero-order valence-corrected chi connectivity index (χ0v) is 22.5. The van der Waals surface area contributed by atoms with Crippen LogP contribution in [0, 0.1) is 0 Å². The van der Waals surface area contributed by atoms with E-state index in [0.29, 0.717) is 23.7 Å². The van der Waals surface area contributed by atoms with Crippen LogP contribution in [0.2, 0.25) is 0 Å². The number of carbonyl (C=O) groups is 3. The molecule has 5 aromatic rings. The second kappa shape index (κ2) is 10.2. The van der Waals surface area contributed by atoms with Crippen LogP contribution in [0.1, 0.15) is 11.1 Å². The Balaban J connectivity index is 1.11. The van der Waals surface area contributed by atoms with Gasteiger partial charge in [0.2, 0.25) is 12.7 Å². The number of carbonyl (C=O) groups excluding carboxylic acids is 3. The van der Waals surface area contributed by atoms with E-state index in [2.05, 4.69) is 40.2 Å². The number of thioether (sulfide) groups is 1. The Kier molecular flexibility index (Phi) is 6.20. The second-order valence-corrected chi connectivity index (χ2v) is 10.8. The first-order valence-electron chi connectivity index (χ1n) is 13.0. The van der Waals surface area contributed by atoms with Crippen LogP contribution in [0.3, 0.4) is 0 Å². The van der Waals surface area contributed by atoms with Crippen molar-refractivity contribution in [3.8, 4) is 11.5 Å². The highest BCUT2D eigenvalue weighted by Crippen LogP contribution is 2.36. The molecule has 2 aliphatic rings. The molecule has 202 valence electrons. The summed E-state index contributed by atoms with van der Waals surface area (Å²) in [4.78, 5) is 39.9. The Morgan fingerprint density at radius 2 is 1.71 bits per heavy atom. The molecule has 2 aliphatic heterocycles. The zero-order valence-electron chi connectivity index (χ0n) is 21.7. The van der Waals surface area contributed by atoms with Gasteiger partial charge in [-0.25, -0.2) is 0 Å². The maximum atomic E-state index is 13.2. The number of benzene rings is 4. The smallest absolute Gasteiger partial charge is 0.294 e. The molecule has 3 amide bonds. The molecule has 4 aromatic carbocycles. The van der Waals surface area contributed by atoms with E-state index < -0.39 is 17.1 Å². The van der Waals surface area contributed by atoms with Gasteiger partial charge in [-0.1, -0.05) is 54.6 Å². The van der Waals surface area contributed by atoms with Crippen molar-refractivity contribution in [2.45, 2.75) is 6.54 Å². The summed E-state index contributed by atoms with van der Waals surface area (Å²) in [5.74, 6) is 0.140. The van der Waals surface area contributed by atoms with Crippen molar-refractivity contribution in [2.75, 3.05) is 18.7 Å². The van der Waals surface area contributed by atoms with Crippen LogP contribution in [0.4, 0.5) is 10.5 Å². The standard InChI is InChI=1S/C32H23N3O5S/c36-30(33-24-11-12-27-28(15-24)40-19-39-27)18-35-31(37)29(41-32(35)38)14-23-17-34(26-8-4-3-7-25(23)26)16-20-9-10-21-5-1-2-6-22(21)13-20/h1-15,17H,16,18-19H2,(H,33,36)/b29-14-. The quantitative estimate of drug-likeness (QED) is 0.247. The van der Waals surface area contributed by atoms with Crippen molar-refractivity contribution in [2.24, 2.45) is 0 Å². The van der Waals surface area contributed by atoms with Crippen molar-refractivity contribution in [3.05, 3.63) is 107 Å². The molecule has 1 fully saturated rings. The molecule has 1 saturated heterocycles. The Bertz CT molecular complexity index is 1910. The van der Waals surface area contributed by atoms with Crippen LogP contribution in [-0.2, 0) is 16.1 Å². The minimum atomic E-state index is -0.493. The average Bonchev–Trinajstić information content (AvgIpc) is 3.66.